The number of nitriles is 1. The number of ether oxygens (including phenoxy) is 1. The molecule has 28 heavy (non-hydrogen) atoms. The summed E-state index contributed by atoms with van der Waals surface area (Å²) < 4.78 is 5.67. The van der Waals surface area contributed by atoms with Crippen LogP contribution in [0.15, 0.2) is 30.0 Å². The lowest BCUT2D eigenvalue weighted by Crippen LogP contribution is -2.45. The number of amides is 1. The van der Waals surface area contributed by atoms with Crippen molar-refractivity contribution in [1.29, 1.82) is 5.26 Å². The molecule has 1 amide bonds. The third kappa shape index (κ3) is 5.98. The molecule has 1 aromatic carbocycles. The summed E-state index contributed by atoms with van der Waals surface area (Å²) in [5, 5.41) is 21.4. The van der Waals surface area contributed by atoms with Crippen molar-refractivity contribution in [2.75, 3.05) is 45.9 Å². The van der Waals surface area contributed by atoms with Crippen LogP contribution in [0.2, 0.25) is 0 Å². The van der Waals surface area contributed by atoms with Crippen molar-refractivity contribution in [1.82, 2.24) is 15.1 Å². The summed E-state index contributed by atoms with van der Waals surface area (Å²) in [5.41, 5.74) is 2.06. The number of piperazine rings is 1. The maximum absolute atomic E-state index is 12.6. The third-order valence-corrected chi connectivity index (χ3v) is 4.78. The summed E-state index contributed by atoms with van der Waals surface area (Å²) in [5.74, 6) is 0.347. The Morgan fingerprint density at radius 3 is 2.71 bits per heavy atom. The first kappa shape index (κ1) is 21.7. The van der Waals surface area contributed by atoms with E-state index in [-0.39, 0.29) is 18.2 Å². The van der Waals surface area contributed by atoms with E-state index in [1.54, 1.807) is 6.20 Å². The topological polar surface area (TPSA) is 88.8 Å². The number of β-amino-alcohol motifs (C(OH)–C–C–N with tert-alkyl or cyclic N) is 1. The van der Waals surface area contributed by atoms with Crippen molar-refractivity contribution in [3.8, 4) is 11.8 Å². The Morgan fingerprint density at radius 2 is 2.11 bits per heavy atom. The first-order chi connectivity index (χ1) is 13.5. The predicted molar refractivity (Wildman–Crippen MR) is 108 cm³/mol. The number of nitrogens with zero attached hydrogens (tertiary/aromatic N) is 3. The molecule has 0 aromatic heterocycles. The minimum absolute atomic E-state index is 0.0908. The van der Waals surface area contributed by atoms with E-state index in [0.717, 1.165) is 43.1 Å². The van der Waals surface area contributed by atoms with E-state index in [4.69, 9.17) is 9.84 Å². The molecule has 2 rings (SSSR count). The van der Waals surface area contributed by atoms with Gasteiger partial charge in [-0.1, -0.05) is 17.7 Å². The summed E-state index contributed by atoms with van der Waals surface area (Å²) in [4.78, 5) is 16.8. The van der Waals surface area contributed by atoms with Gasteiger partial charge in [0.05, 0.1) is 19.3 Å². The molecule has 0 saturated carbocycles. The number of nitrogens with one attached hydrogen (secondary N) is 1. The Hall–Kier alpha value is -2.56. The molecule has 1 saturated heterocycles. The van der Waals surface area contributed by atoms with Gasteiger partial charge in [-0.25, -0.2) is 0 Å². The van der Waals surface area contributed by atoms with Gasteiger partial charge >= 0.3 is 0 Å². The van der Waals surface area contributed by atoms with E-state index in [2.05, 4.69) is 10.2 Å². The van der Waals surface area contributed by atoms with Crippen molar-refractivity contribution in [3.63, 3.8) is 0 Å². The fourth-order valence-electron chi connectivity index (χ4n) is 3.22. The van der Waals surface area contributed by atoms with Gasteiger partial charge in [0.15, 0.2) is 0 Å². The molecule has 7 nitrogen and oxygen atoms in total. The van der Waals surface area contributed by atoms with Gasteiger partial charge in [0.25, 0.3) is 5.91 Å². The highest BCUT2D eigenvalue weighted by molar-refractivity contribution is 5.97. The highest BCUT2D eigenvalue weighted by atomic mass is 16.5. The summed E-state index contributed by atoms with van der Waals surface area (Å²) in [6.45, 7) is 10.2. The number of benzene rings is 1. The second-order valence-electron chi connectivity index (χ2n) is 6.93. The van der Waals surface area contributed by atoms with Crippen LogP contribution in [0.5, 0.6) is 5.75 Å². The average Bonchev–Trinajstić information content (AvgIpc) is 2.69. The molecular weight excluding hydrogens is 356 g/mol. The molecule has 7 heteroatoms. The van der Waals surface area contributed by atoms with Gasteiger partial charge in [-0.3, -0.25) is 9.69 Å². The van der Waals surface area contributed by atoms with Crippen LogP contribution in [-0.4, -0.2) is 66.8 Å². The summed E-state index contributed by atoms with van der Waals surface area (Å²) >= 11 is 0. The van der Waals surface area contributed by atoms with Gasteiger partial charge in [-0.15, -0.1) is 0 Å². The molecule has 0 bridgehead atoms. The molecule has 0 aliphatic carbocycles. The highest BCUT2D eigenvalue weighted by Gasteiger charge is 2.20. The van der Waals surface area contributed by atoms with Gasteiger partial charge in [0.1, 0.15) is 17.4 Å². The first-order valence-electron chi connectivity index (χ1n) is 9.71. The zero-order chi connectivity index (χ0) is 20.5. The van der Waals surface area contributed by atoms with Crippen LogP contribution in [0, 0.1) is 18.3 Å². The van der Waals surface area contributed by atoms with Crippen LogP contribution in [0.3, 0.4) is 0 Å². The van der Waals surface area contributed by atoms with E-state index >= 15 is 0 Å². The fourth-order valence-corrected chi connectivity index (χ4v) is 3.22. The Bertz CT molecular complexity index is 734. The molecule has 2 N–H and O–H groups in total. The van der Waals surface area contributed by atoms with Gasteiger partial charge in [-0.2, -0.15) is 5.26 Å². The standard InChI is InChI=1S/C21H30N4O3/c1-4-28-20-6-5-16(2)13-19(20)17(3)23-21(27)18(14-22)15-25-9-7-24(8-10-25)11-12-26/h5-6,13,15,17,26H,4,7-12H2,1-3H3,(H,23,27)/b18-15-. The molecule has 1 atom stereocenters. The van der Waals surface area contributed by atoms with E-state index in [0.29, 0.717) is 13.2 Å². The van der Waals surface area contributed by atoms with Crippen molar-refractivity contribution >= 4 is 5.91 Å². The summed E-state index contributed by atoms with van der Waals surface area (Å²) in [6.07, 6.45) is 1.64. The number of carbonyl (C=O) groups is 1. The van der Waals surface area contributed by atoms with Gasteiger partial charge in [0.2, 0.25) is 0 Å². The van der Waals surface area contributed by atoms with Crippen LogP contribution < -0.4 is 10.1 Å². The minimum Gasteiger partial charge on any atom is -0.494 e. The second kappa shape index (κ2) is 10.7. The lowest BCUT2D eigenvalue weighted by molar-refractivity contribution is -0.117. The molecule has 0 radical (unpaired) electrons. The average molecular weight is 386 g/mol. The van der Waals surface area contributed by atoms with E-state index in [1.807, 2.05) is 49.9 Å². The zero-order valence-electron chi connectivity index (χ0n) is 16.9. The van der Waals surface area contributed by atoms with Crippen LogP contribution >= 0.6 is 0 Å². The normalized spacial score (nSPS) is 16.4. The Balaban J connectivity index is 2.04. The Labute approximate surface area is 167 Å². The number of aryl methyl sites for hydroxylation is 1. The lowest BCUT2D eigenvalue weighted by atomic mass is 10.0. The first-order valence-corrected chi connectivity index (χ1v) is 9.71. The van der Waals surface area contributed by atoms with Crippen molar-refractivity contribution < 1.29 is 14.6 Å². The van der Waals surface area contributed by atoms with Crippen molar-refractivity contribution in [2.24, 2.45) is 0 Å². The minimum atomic E-state index is -0.392. The summed E-state index contributed by atoms with van der Waals surface area (Å²) in [6, 6.07) is 7.60. The van der Waals surface area contributed by atoms with Crippen molar-refractivity contribution in [2.45, 2.75) is 26.8 Å². The molecular formula is C21H30N4O3. The molecule has 1 unspecified atom stereocenters. The molecule has 152 valence electrons. The van der Waals surface area contributed by atoms with Gasteiger partial charge in [0, 0.05) is 44.5 Å². The number of hydrogen-bond acceptors (Lipinski definition) is 6. The Morgan fingerprint density at radius 1 is 1.39 bits per heavy atom. The second-order valence-corrected chi connectivity index (χ2v) is 6.93. The number of rotatable bonds is 8. The fraction of sp³-hybridized carbons (Fsp3) is 0.524. The molecule has 1 aliphatic heterocycles. The Kier molecular flexibility index (Phi) is 8.30. The van der Waals surface area contributed by atoms with Crippen molar-refractivity contribution in [3.05, 3.63) is 41.1 Å². The van der Waals surface area contributed by atoms with Crippen LogP contribution in [-0.2, 0) is 4.79 Å². The van der Waals surface area contributed by atoms with Gasteiger partial charge < -0.3 is 20.1 Å². The molecule has 1 aliphatic rings. The van der Waals surface area contributed by atoms with Crippen LogP contribution in [0.1, 0.15) is 31.0 Å². The SMILES string of the molecule is CCOc1ccc(C)cc1C(C)NC(=O)/C(C#N)=C\N1CCN(CCO)CC1. The predicted octanol–water partition coefficient (Wildman–Crippen LogP) is 1.59. The van der Waals surface area contributed by atoms with E-state index in [9.17, 15) is 10.1 Å². The number of aliphatic hydroxyl groups is 1. The third-order valence-electron chi connectivity index (χ3n) is 4.78. The molecule has 1 aromatic rings. The largest absolute Gasteiger partial charge is 0.494 e. The number of carbonyl (C=O) groups excluding carboxylic acids is 1. The van der Waals surface area contributed by atoms with E-state index in [1.165, 1.54) is 0 Å². The molecule has 1 fully saturated rings. The zero-order valence-corrected chi connectivity index (χ0v) is 16.9. The quantitative estimate of drug-likeness (QED) is 0.521. The maximum Gasteiger partial charge on any atom is 0.263 e. The number of aliphatic hydroxyl groups excluding tert-OH is 1. The highest BCUT2D eigenvalue weighted by Crippen LogP contribution is 2.26. The monoisotopic (exact) mass is 386 g/mol. The van der Waals surface area contributed by atoms with Crippen LogP contribution in [0.4, 0.5) is 0 Å². The summed E-state index contributed by atoms with van der Waals surface area (Å²) in [7, 11) is 0. The lowest BCUT2D eigenvalue weighted by Gasteiger charge is -2.33. The smallest absolute Gasteiger partial charge is 0.263 e. The molecule has 0 spiro atoms. The number of hydrogen-bond donors (Lipinski definition) is 2. The van der Waals surface area contributed by atoms with Crippen LogP contribution in [0.25, 0.3) is 0 Å². The van der Waals surface area contributed by atoms with E-state index < -0.39 is 5.91 Å². The van der Waals surface area contributed by atoms with Gasteiger partial charge in [-0.05, 0) is 26.8 Å². The maximum atomic E-state index is 12.6. The molecule has 1 heterocycles.